The normalized spacial score (nSPS) is 13.2. The summed E-state index contributed by atoms with van der Waals surface area (Å²) in [6.07, 6.45) is -6.53. The molecule has 0 amide bonds. The van der Waals surface area contributed by atoms with Crippen LogP contribution in [0.5, 0.6) is 0 Å². The fraction of sp³-hybridized carbons (Fsp3) is 1.00. The molecule has 0 radical (unpaired) electrons. The monoisotopic (exact) mass is 384 g/mol. The van der Waals surface area contributed by atoms with Crippen LogP contribution in [0.3, 0.4) is 0 Å². The molecular weight excluding hydrogens is 372 g/mol. The van der Waals surface area contributed by atoms with Crippen LogP contribution in [0.1, 0.15) is 14.9 Å². The van der Waals surface area contributed by atoms with E-state index in [0.29, 0.717) is 0 Å². The molecule has 3 unspecified atom stereocenters. The zero-order valence-electron chi connectivity index (χ0n) is 7.66. The molecule has 0 saturated carbocycles. The van der Waals surface area contributed by atoms with Crippen molar-refractivity contribution in [3.63, 3.8) is 0 Å². The maximum atomic E-state index is 10.4. The summed E-state index contributed by atoms with van der Waals surface area (Å²) in [6.45, 7) is 0. The molecule has 0 fully saturated rings. The van der Waals surface area contributed by atoms with Crippen molar-refractivity contribution in [1.82, 2.24) is 0 Å². The SMILES string of the molecule is C.C.O=O.O=[P+]([O-])P(OO)(OO)([P+](=O)[O-])[P+](=O)[O-].OO. The molecule has 0 aromatic heterocycles. The minimum absolute atomic E-state index is 0. The molecule has 4 N–H and O–H groups in total. The van der Waals surface area contributed by atoms with Crippen LogP contribution >= 0.6 is 29.3 Å². The van der Waals surface area contributed by atoms with Crippen molar-refractivity contribution >= 4 is 29.3 Å². The van der Waals surface area contributed by atoms with Gasteiger partial charge in [0.05, 0.1) is 0 Å². The van der Waals surface area contributed by atoms with Crippen LogP contribution in [-0.4, -0.2) is 21.0 Å². The molecule has 0 aromatic carbocycles. The van der Waals surface area contributed by atoms with Crippen molar-refractivity contribution in [3.8, 4) is 0 Å². The first-order chi connectivity index (χ1) is 8.29. The van der Waals surface area contributed by atoms with E-state index in [-0.39, 0.29) is 14.9 Å². The fourth-order valence-electron chi connectivity index (χ4n) is 0.373. The van der Waals surface area contributed by atoms with Crippen LogP contribution in [0, 0.1) is 9.93 Å². The van der Waals surface area contributed by atoms with Crippen molar-refractivity contribution < 1.29 is 58.8 Å². The largest absolute Gasteiger partial charge is 0.255 e. The maximum absolute atomic E-state index is 10.4. The molecule has 0 aliphatic carbocycles. The van der Waals surface area contributed by atoms with Crippen LogP contribution in [0.15, 0.2) is 0 Å². The van der Waals surface area contributed by atoms with E-state index in [0.717, 1.165) is 0 Å². The van der Waals surface area contributed by atoms with Crippen molar-refractivity contribution in [3.05, 3.63) is 9.93 Å². The Morgan fingerprint density at radius 3 is 0.900 bits per heavy atom. The Morgan fingerprint density at radius 2 is 0.900 bits per heavy atom. The molecule has 20 heavy (non-hydrogen) atoms. The number of hydrogen-bond donors (Lipinski definition) is 4. The molecule has 18 heteroatoms. The summed E-state index contributed by atoms with van der Waals surface area (Å²) >= 11 is 0. The number of rotatable bonds is 5. The Balaban J connectivity index is -0.000000114. The predicted octanol–water partition coefficient (Wildman–Crippen LogP) is 0.759. The first kappa shape index (κ1) is 32.1. The van der Waals surface area contributed by atoms with Crippen molar-refractivity contribution in [2.24, 2.45) is 0 Å². The number of hydrogen-bond acceptors (Lipinski definition) is 14. The molecule has 0 spiro atoms. The molecule has 0 saturated heterocycles. The average Bonchev–Trinajstić information content (AvgIpc) is 2.36. The van der Waals surface area contributed by atoms with Gasteiger partial charge in [0.1, 0.15) is 0 Å². The standard InChI is InChI=1S/2CH4.H2O10P4.H2O2.O2/c;;1-9-14(10-2,11(3)4,12(5)6)13(7)8;2*1-2/h2*1H4;1-2H;1-2H;. The van der Waals surface area contributed by atoms with Crippen LogP contribution in [0.25, 0.3) is 0 Å². The summed E-state index contributed by atoms with van der Waals surface area (Å²) in [5.74, 6) is 0. The van der Waals surface area contributed by atoms with Gasteiger partial charge in [0.2, 0.25) is 0 Å². The second-order valence-corrected chi connectivity index (χ2v) is 17.4. The van der Waals surface area contributed by atoms with Gasteiger partial charge in [-0.05, 0) is 0 Å². The smallest absolute Gasteiger partial charge is 0.255 e. The van der Waals surface area contributed by atoms with E-state index in [1.807, 2.05) is 0 Å². The molecule has 0 rings (SSSR count). The van der Waals surface area contributed by atoms with Crippen LogP contribution in [0.2, 0.25) is 0 Å². The fourth-order valence-corrected chi connectivity index (χ4v) is 6.48. The van der Waals surface area contributed by atoms with Crippen molar-refractivity contribution in [2.45, 2.75) is 14.9 Å². The van der Waals surface area contributed by atoms with Gasteiger partial charge in [0.15, 0.2) is 0 Å². The van der Waals surface area contributed by atoms with Gasteiger partial charge >= 0.3 is 77.5 Å². The third kappa shape index (κ3) is 5.06. The van der Waals surface area contributed by atoms with Crippen LogP contribution in [0.4, 0.5) is 0 Å². The third-order valence-corrected chi connectivity index (χ3v) is 17.6. The summed E-state index contributed by atoms with van der Waals surface area (Å²) in [6, 6.07) is 0. The van der Waals surface area contributed by atoms with E-state index >= 15 is 0 Å². The zero-order chi connectivity index (χ0) is 15.6. The summed E-state index contributed by atoms with van der Waals surface area (Å²) in [5.41, 5.74) is 0. The van der Waals surface area contributed by atoms with Gasteiger partial charge in [-0.3, -0.25) is 10.5 Å². The first-order valence-corrected chi connectivity index (χ1v) is 10.5. The Bertz CT molecular complexity index is 268. The maximum Gasteiger partial charge on any atom is -0.255 e. The van der Waals surface area contributed by atoms with E-state index in [4.69, 9.17) is 31.0 Å². The summed E-state index contributed by atoms with van der Waals surface area (Å²) < 4.78 is 37.2. The Hall–Kier alpha value is -0.0300. The molecule has 0 heterocycles. The summed E-state index contributed by atoms with van der Waals surface area (Å²) in [4.78, 5) is 45.3. The third-order valence-electron chi connectivity index (χ3n) is 1.12. The van der Waals surface area contributed by atoms with Gasteiger partial charge in [-0.1, -0.05) is 14.9 Å². The van der Waals surface area contributed by atoms with Crippen LogP contribution in [-0.2, 0) is 23.0 Å². The van der Waals surface area contributed by atoms with Gasteiger partial charge in [-0.25, -0.2) is 0 Å². The molecule has 0 aromatic rings. The van der Waals surface area contributed by atoms with E-state index in [1.54, 1.807) is 0 Å². The van der Waals surface area contributed by atoms with Gasteiger partial charge in [0, 0.05) is 9.93 Å². The Labute approximate surface area is 114 Å². The molecule has 14 nitrogen and oxygen atoms in total. The van der Waals surface area contributed by atoms with Gasteiger partial charge in [0.25, 0.3) is 0 Å². The van der Waals surface area contributed by atoms with Crippen LogP contribution < -0.4 is 14.7 Å². The van der Waals surface area contributed by atoms with E-state index in [9.17, 15) is 28.4 Å². The first-order valence-electron chi connectivity index (χ1n) is 2.79. The van der Waals surface area contributed by atoms with Crippen molar-refractivity contribution in [1.29, 1.82) is 0 Å². The van der Waals surface area contributed by atoms with E-state index in [2.05, 4.69) is 9.35 Å². The zero-order valence-corrected chi connectivity index (χ0v) is 11.2. The summed E-state index contributed by atoms with van der Waals surface area (Å²) in [5, 5.41) is 28.1. The Morgan fingerprint density at radius 1 is 0.750 bits per heavy atom. The molecule has 0 aliphatic heterocycles. The van der Waals surface area contributed by atoms with Gasteiger partial charge in [-0.15, -0.1) is 0 Å². The van der Waals surface area contributed by atoms with E-state index < -0.39 is 29.3 Å². The molecule has 124 valence electrons. The molecule has 0 bridgehead atoms. The quantitative estimate of drug-likeness (QED) is 0.290. The van der Waals surface area contributed by atoms with Crippen molar-refractivity contribution in [2.75, 3.05) is 0 Å². The minimum atomic E-state index is -6.53. The molecule has 3 atom stereocenters. The molecular formula is C2H12O14P4. The average molecular weight is 384 g/mol. The van der Waals surface area contributed by atoms with Gasteiger partial charge < -0.3 is 0 Å². The minimum Gasteiger partial charge on any atom is -0.255 e. The van der Waals surface area contributed by atoms with E-state index in [1.165, 1.54) is 0 Å². The predicted molar refractivity (Wildman–Crippen MR) is 62.6 cm³/mol. The Kier molecular flexibility index (Phi) is 22.3. The summed E-state index contributed by atoms with van der Waals surface area (Å²) in [7, 11) is -13.3. The second kappa shape index (κ2) is 13.9. The molecule has 0 aliphatic rings. The van der Waals surface area contributed by atoms with Gasteiger partial charge in [-0.2, -0.15) is 0 Å². The topological polar surface area (TPSA) is 254 Å². The second-order valence-electron chi connectivity index (χ2n) is 1.71.